The van der Waals surface area contributed by atoms with Crippen molar-refractivity contribution in [1.29, 1.82) is 0 Å². The minimum absolute atomic E-state index is 0.420. The highest BCUT2D eigenvalue weighted by molar-refractivity contribution is 5.28. The van der Waals surface area contributed by atoms with Crippen molar-refractivity contribution in [2.45, 2.75) is 38.3 Å². The molecule has 1 fully saturated rings. The highest BCUT2D eigenvalue weighted by Crippen LogP contribution is 2.24. The maximum absolute atomic E-state index is 6.06. The van der Waals surface area contributed by atoms with Crippen molar-refractivity contribution in [1.82, 2.24) is 4.90 Å². The van der Waals surface area contributed by atoms with E-state index in [9.17, 15) is 0 Å². The van der Waals surface area contributed by atoms with E-state index < -0.39 is 0 Å². The van der Waals surface area contributed by atoms with Gasteiger partial charge in [-0.1, -0.05) is 18.6 Å². The van der Waals surface area contributed by atoms with Crippen LogP contribution in [0.25, 0.3) is 0 Å². The first-order valence-corrected chi connectivity index (χ1v) is 7.24. The highest BCUT2D eigenvalue weighted by Gasteiger charge is 2.20. The van der Waals surface area contributed by atoms with Crippen LogP contribution in [0, 0.1) is 5.92 Å². The van der Waals surface area contributed by atoms with E-state index in [0.29, 0.717) is 6.04 Å². The Balaban J connectivity index is 1.84. The normalized spacial score (nSPS) is 23.6. The predicted octanol–water partition coefficient (Wildman–Crippen LogP) is 2.64. The molecule has 1 aliphatic carbocycles. The number of ether oxygens (including phenoxy) is 1. The van der Waals surface area contributed by atoms with Gasteiger partial charge in [-0.2, -0.15) is 0 Å². The fourth-order valence-electron chi connectivity index (χ4n) is 3.09. The maximum Gasteiger partial charge on any atom is 0.119 e. The van der Waals surface area contributed by atoms with Gasteiger partial charge >= 0.3 is 0 Å². The van der Waals surface area contributed by atoms with Gasteiger partial charge in [0.15, 0.2) is 0 Å². The molecule has 3 heteroatoms. The maximum atomic E-state index is 6.06. The second-order valence-electron chi connectivity index (χ2n) is 5.84. The molecule has 1 aliphatic rings. The number of rotatable bonds is 5. The van der Waals surface area contributed by atoms with E-state index in [1.54, 1.807) is 7.11 Å². The van der Waals surface area contributed by atoms with Crippen LogP contribution >= 0.6 is 0 Å². The zero-order chi connectivity index (χ0) is 13.7. The lowest BCUT2D eigenvalue weighted by atomic mass is 9.86. The Morgan fingerprint density at radius 2 is 2.21 bits per heavy atom. The van der Waals surface area contributed by atoms with Crippen molar-refractivity contribution in [2.75, 3.05) is 20.7 Å². The van der Waals surface area contributed by atoms with Crippen LogP contribution in [-0.2, 0) is 6.54 Å². The van der Waals surface area contributed by atoms with Crippen molar-refractivity contribution in [3.8, 4) is 5.75 Å². The van der Waals surface area contributed by atoms with Gasteiger partial charge in [-0.3, -0.25) is 0 Å². The van der Waals surface area contributed by atoms with Gasteiger partial charge in [0, 0.05) is 19.1 Å². The van der Waals surface area contributed by atoms with Crippen molar-refractivity contribution in [2.24, 2.45) is 11.7 Å². The summed E-state index contributed by atoms with van der Waals surface area (Å²) >= 11 is 0. The number of methoxy groups -OCH3 is 1. The quantitative estimate of drug-likeness (QED) is 0.886. The van der Waals surface area contributed by atoms with E-state index in [0.717, 1.165) is 24.8 Å². The molecule has 0 bridgehead atoms. The molecule has 1 saturated carbocycles. The number of nitrogens with two attached hydrogens (primary N) is 1. The lowest BCUT2D eigenvalue weighted by Crippen LogP contribution is -2.34. The summed E-state index contributed by atoms with van der Waals surface area (Å²) in [5.41, 5.74) is 7.36. The van der Waals surface area contributed by atoms with Crippen LogP contribution in [0.4, 0.5) is 0 Å². The Labute approximate surface area is 116 Å². The summed E-state index contributed by atoms with van der Waals surface area (Å²) in [6.07, 6.45) is 5.01. The van der Waals surface area contributed by atoms with Gasteiger partial charge in [0.1, 0.15) is 5.75 Å². The molecule has 3 nitrogen and oxygen atoms in total. The molecular weight excluding hydrogens is 236 g/mol. The Bertz CT molecular complexity index is 394. The SMILES string of the molecule is COc1cccc(CN(C)CC2CCCC(N)C2)c1. The molecule has 0 saturated heterocycles. The van der Waals surface area contributed by atoms with E-state index in [1.165, 1.54) is 31.2 Å². The first-order valence-electron chi connectivity index (χ1n) is 7.24. The summed E-state index contributed by atoms with van der Waals surface area (Å²) < 4.78 is 5.27. The average molecular weight is 262 g/mol. The van der Waals surface area contributed by atoms with Crippen molar-refractivity contribution < 1.29 is 4.74 Å². The molecular formula is C16H26N2O. The van der Waals surface area contributed by atoms with Gasteiger partial charge in [0.25, 0.3) is 0 Å². The van der Waals surface area contributed by atoms with Gasteiger partial charge in [-0.25, -0.2) is 0 Å². The van der Waals surface area contributed by atoms with E-state index >= 15 is 0 Å². The zero-order valence-corrected chi connectivity index (χ0v) is 12.1. The number of hydrogen-bond acceptors (Lipinski definition) is 3. The molecule has 0 aliphatic heterocycles. The smallest absolute Gasteiger partial charge is 0.119 e. The molecule has 2 unspecified atom stereocenters. The molecule has 2 atom stereocenters. The van der Waals surface area contributed by atoms with Gasteiger partial charge < -0.3 is 15.4 Å². The van der Waals surface area contributed by atoms with Crippen LogP contribution in [0.2, 0.25) is 0 Å². The van der Waals surface area contributed by atoms with Crippen molar-refractivity contribution in [3.05, 3.63) is 29.8 Å². The first-order chi connectivity index (χ1) is 9.17. The number of hydrogen-bond donors (Lipinski definition) is 1. The molecule has 0 heterocycles. The lowest BCUT2D eigenvalue weighted by molar-refractivity contribution is 0.216. The zero-order valence-electron chi connectivity index (χ0n) is 12.1. The molecule has 1 aromatic carbocycles. The van der Waals surface area contributed by atoms with Crippen LogP contribution in [0.5, 0.6) is 5.75 Å². The Morgan fingerprint density at radius 1 is 1.37 bits per heavy atom. The molecule has 0 radical (unpaired) electrons. The third-order valence-corrected chi connectivity index (χ3v) is 3.98. The van der Waals surface area contributed by atoms with Gasteiger partial charge in [-0.15, -0.1) is 0 Å². The fourth-order valence-corrected chi connectivity index (χ4v) is 3.09. The molecule has 2 rings (SSSR count). The van der Waals surface area contributed by atoms with E-state index in [-0.39, 0.29) is 0 Å². The van der Waals surface area contributed by atoms with Crippen LogP contribution in [0.15, 0.2) is 24.3 Å². The molecule has 2 N–H and O–H groups in total. The summed E-state index contributed by atoms with van der Waals surface area (Å²) in [5, 5.41) is 0. The van der Waals surface area contributed by atoms with Crippen LogP contribution in [-0.4, -0.2) is 31.6 Å². The van der Waals surface area contributed by atoms with Crippen molar-refractivity contribution >= 4 is 0 Å². The molecule has 19 heavy (non-hydrogen) atoms. The third kappa shape index (κ3) is 4.51. The molecule has 1 aromatic rings. The lowest BCUT2D eigenvalue weighted by Gasteiger charge is -2.30. The van der Waals surface area contributed by atoms with Gasteiger partial charge in [0.2, 0.25) is 0 Å². The van der Waals surface area contributed by atoms with Gasteiger partial charge in [-0.05, 0) is 49.9 Å². The molecule has 106 valence electrons. The first kappa shape index (κ1) is 14.4. The summed E-state index contributed by atoms with van der Waals surface area (Å²) in [7, 11) is 3.91. The van der Waals surface area contributed by atoms with Crippen LogP contribution < -0.4 is 10.5 Å². The van der Waals surface area contributed by atoms with E-state index in [4.69, 9.17) is 10.5 Å². The molecule has 0 amide bonds. The van der Waals surface area contributed by atoms with E-state index in [2.05, 4.69) is 30.1 Å². The van der Waals surface area contributed by atoms with Gasteiger partial charge in [0.05, 0.1) is 7.11 Å². The molecule has 0 aromatic heterocycles. The predicted molar refractivity (Wildman–Crippen MR) is 79.3 cm³/mol. The highest BCUT2D eigenvalue weighted by atomic mass is 16.5. The fraction of sp³-hybridized carbons (Fsp3) is 0.625. The average Bonchev–Trinajstić information content (AvgIpc) is 2.38. The summed E-state index contributed by atoms with van der Waals surface area (Å²) in [5.74, 6) is 1.70. The third-order valence-electron chi connectivity index (χ3n) is 3.98. The minimum Gasteiger partial charge on any atom is -0.497 e. The Hall–Kier alpha value is -1.06. The van der Waals surface area contributed by atoms with Crippen molar-refractivity contribution in [3.63, 3.8) is 0 Å². The van der Waals surface area contributed by atoms with Crippen LogP contribution in [0.3, 0.4) is 0 Å². The summed E-state index contributed by atoms with van der Waals surface area (Å²) in [6.45, 7) is 2.12. The number of nitrogens with zero attached hydrogens (tertiary/aromatic N) is 1. The second kappa shape index (κ2) is 6.92. The summed E-state index contributed by atoms with van der Waals surface area (Å²) in [6, 6.07) is 8.74. The Kier molecular flexibility index (Phi) is 5.23. The Morgan fingerprint density at radius 3 is 2.95 bits per heavy atom. The van der Waals surface area contributed by atoms with E-state index in [1.807, 2.05) is 6.07 Å². The summed E-state index contributed by atoms with van der Waals surface area (Å²) in [4.78, 5) is 2.40. The molecule has 0 spiro atoms. The second-order valence-corrected chi connectivity index (χ2v) is 5.84. The number of benzene rings is 1. The minimum atomic E-state index is 0.420. The van der Waals surface area contributed by atoms with Crippen LogP contribution in [0.1, 0.15) is 31.2 Å². The largest absolute Gasteiger partial charge is 0.497 e. The standard InChI is InChI=1S/C16H26N2O/c1-18(11-13-5-3-7-15(17)9-13)12-14-6-4-8-16(10-14)19-2/h4,6,8,10,13,15H,3,5,7,9,11-12,17H2,1-2H3. The monoisotopic (exact) mass is 262 g/mol. The topological polar surface area (TPSA) is 38.5 Å².